The predicted octanol–water partition coefficient (Wildman–Crippen LogP) is 3.08. The summed E-state index contributed by atoms with van der Waals surface area (Å²) < 4.78 is 10.6. The molecule has 2 aliphatic rings. The van der Waals surface area contributed by atoms with Gasteiger partial charge in [0.2, 0.25) is 0 Å². The fourth-order valence-electron chi connectivity index (χ4n) is 5.09. The summed E-state index contributed by atoms with van der Waals surface area (Å²) in [5.41, 5.74) is -0.0514. The Morgan fingerprint density at radius 1 is 1.23 bits per heavy atom. The molecule has 1 aromatic carbocycles. The summed E-state index contributed by atoms with van der Waals surface area (Å²) in [5, 5.41) is 2.84. The monoisotopic (exact) mass is 430 g/mol. The molecule has 1 spiro atoms. The smallest absolute Gasteiger partial charge is 0.326 e. The van der Waals surface area contributed by atoms with Crippen LogP contribution in [0.5, 0.6) is 5.75 Å². The number of hydrogen-bond acceptors (Lipinski definition) is 6. The Hall–Kier alpha value is -2.90. The Labute approximate surface area is 182 Å². The van der Waals surface area contributed by atoms with Crippen molar-refractivity contribution in [2.75, 3.05) is 13.7 Å². The third-order valence-electron chi connectivity index (χ3n) is 5.99. The Morgan fingerprint density at radius 3 is 2.55 bits per heavy atom. The number of nitrogens with one attached hydrogen (secondary N) is 1. The van der Waals surface area contributed by atoms with Gasteiger partial charge >= 0.3 is 12.0 Å². The van der Waals surface area contributed by atoms with Gasteiger partial charge in [0.1, 0.15) is 24.4 Å². The lowest BCUT2D eigenvalue weighted by Gasteiger charge is -2.43. The van der Waals surface area contributed by atoms with Crippen LogP contribution in [-0.4, -0.2) is 47.8 Å². The first-order chi connectivity index (χ1) is 14.5. The van der Waals surface area contributed by atoms with Gasteiger partial charge in [0, 0.05) is 11.1 Å². The zero-order valence-corrected chi connectivity index (χ0v) is 18.7. The molecule has 1 aliphatic heterocycles. The fraction of sp³-hybridized carbons (Fsp3) is 0.565. The molecule has 31 heavy (non-hydrogen) atoms. The lowest BCUT2D eigenvalue weighted by Crippen LogP contribution is -2.54. The van der Waals surface area contributed by atoms with Gasteiger partial charge in [-0.15, -0.1) is 0 Å². The first-order valence-electron chi connectivity index (χ1n) is 10.4. The molecule has 1 aliphatic carbocycles. The van der Waals surface area contributed by atoms with E-state index in [9.17, 15) is 19.2 Å². The van der Waals surface area contributed by atoms with Crippen LogP contribution in [0.2, 0.25) is 0 Å². The van der Waals surface area contributed by atoms with E-state index in [-0.39, 0.29) is 29.6 Å². The van der Waals surface area contributed by atoms with Crippen molar-refractivity contribution in [2.24, 2.45) is 11.3 Å². The number of carbonyl (C=O) groups excluding carboxylic acids is 4. The number of amides is 3. The van der Waals surface area contributed by atoms with Crippen LogP contribution >= 0.6 is 0 Å². The van der Waals surface area contributed by atoms with Crippen LogP contribution in [0.1, 0.15) is 62.9 Å². The van der Waals surface area contributed by atoms with E-state index in [0.29, 0.717) is 29.7 Å². The lowest BCUT2D eigenvalue weighted by atomic mass is 9.64. The number of nitrogens with zero attached hydrogens (tertiary/aromatic N) is 1. The summed E-state index contributed by atoms with van der Waals surface area (Å²) in [6.07, 6.45) is 2.07. The zero-order valence-electron chi connectivity index (χ0n) is 18.7. The molecule has 1 aromatic rings. The summed E-state index contributed by atoms with van der Waals surface area (Å²) in [6, 6.07) is 4.30. The topological polar surface area (TPSA) is 102 Å². The van der Waals surface area contributed by atoms with Gasteiger partial charge in [0.15, 0.2) is 5.78 Å². The quantitative estimate of drug-likeness (QED) is 0.423. The van der Waals surface area contributed by atoms with Gasteiger partial charge in [-0.05, 0) is 55.7 Å². The first-order valence-corrected chi connectivity index (χ1v) is 10.4. The van der Waals surface area contributed by atoms with Crippen LogP contribution in [0, 0.1) is 11.3 Å². The van der Waals surface area contributed by atoms with Crippen LogP contribution in [0.15, 0.2) is 18.2 Å². The van der Waals surface area contributed by atoms with Crippen LogP contribution in [0.3, 0.4) is 0 Å². The second-order valence-electron chi connectivity index (χ2n) is 9.50. The molecule has 1 N–H and O–H groups in total. The number of benzene rings is 1. The van der Waals surface area contributed by atoms with E-state index in [1.165, 1.54) is 14.0 Å². The van der Waals surface area contributed by atoms with Gasteiger partial charge in [0.05, 0.1) is 7.11 Å². The predicted molar refractivity (Wildman–Crippen MR) is 113 cm³/mol. The Balaban J connectivity index is 1.67. The van der Waals surface area contributed by atoms with E-state index in [4.69, 9.17) is 9.47 Å². The molecule has 3 amide bonds. The molecular weight excluding hydrogens is 400 g/mol. The number of rotatable bonds is 6. The number of methoxy groups -OCH3 is 1. The van der Waals surface area contributed by atoms with E-state index in [2.05, 4.69) is 26.1 Å². The molecule has 2 fully saturated rings. The molecule has 1 saturated heterocycles. The highest BCUT2D eigenvalue weighted by molar-refractivity contribution is 6.08. The minimum atomic E-state index is -0.961. The van der Waals surface area contributed by atoms with Crippen molar-refractivity contribution in [3.8, 4) is 5.75 Å². The van der Waals surface area contributed by atoms with E-state index in [1.807, 2.05) is 0 Å². The maximum absolute atomic E-state index is 13.1. The second-order valence-corrected chi connectivity index (χ2v) is 9.50. The van der Waals surface area contributed by atoms with Crippen LogP contribution < -0.4 is 10.1 Å². The molecule has 1 saturated carbocycles. The number of esters is 1. The Bertz CT molecular complexity index is 925. The molecule has 3 rings (SSSR count). The van der Waals surface area contributed by atoms with E-state index < -0.39 is 24.1 Å². The van der Waals surface area contributed by atoms with E-state index in [0.717, 1.165) is 11.3 Å². The maximum atomic E-state index is 13.1. The van der Waals surface area contributed by atoms with Crippen molar-refractivity contribution in [3.63, 3.8) is 0 Å². The average molecular weight is 431 g/mol. The average Bonchev–Trinajstić information content (AvgIpc) is 2.87. The van der Waals surface area contributed by atoms with Crippen molar-refractivity contribution in [2.45, 2.75) is 59.1 Å². The minimum absolute atomic E-state index is 0.0879. The zero-order chi connectivity index (χ0) is 23.0. The molecular formula is C23H30N2O6. The van der Waals surface area contributed by atoms with E-state index in [1.54, 1.807) is 18.2 Å². The van der Waals surface area contributed by atoms with Gasteiger partial charge in [-0.2, -0.15) is 0 Å². The van der Waals surface area contributed by atoms with Gasteiger partial charge in [-0.1, -0.05) is 20.8 Å². The number of ether oxygens (including phenoxy) is 2. The Morgan fingerprint density at radius 2 is 1.94 bits per heavy atom. The molecule has 0 unspecified atom stereocenters. The van der Waals surface area contributed by atoms with Crippen LogP contribution in [0.25, 0.3) is 0 Å². The molecule has 1 heterocycles. The third-order valence-corrected chi connectivity index (χ3v) is 5.99. The van der Waals surface area contributed by atoms with Crippen molar-refractivity contribution in [1.82, 2.24) is 10.2 Å². The number of ketones is 1. The first kappa shape index (κ1) is 22.8. The number of urea groups is 1. The highest BCUT2D eigenvalue weighted by Crippen LogP contribution is 2.46. The summed E-state index contributed by atoms with van der Waals surface area (Å²) in [4.78, 5) is 50.7. The summed E-state index contributed by atoms with van der Waals surface area (Å²) in [7, 11) is 1.48. The second kappa shape index (κ2) is 8.32. The highest BCUT2D eigenvalue weighted by atomic mass is 16.5. The minimum Gasteiger partial charge on any atom is -0.496 e. The number of imide groups is 1. The van der Waals surface area contributed by atoms with Crippen molar-refractivity contribution in [3.05, 3.63) is 29.3 Å². The van der Waals surface area contributed by atoms with Gasteiger partial charge in [-0.25, -0.2) is 4.79 Å². The number of carbonyl (C=O) groups is 4. The van der Waals surface area contributed by atoms with Gasteiger partial charge < -0.3 is 14.8 Å². The molecule has 0 aromatic heterocycles. The van der Waals surface area contributed by atoms with Crippen molar-refractivity contribution < 1.29 is 28.7 Å². The SMILES string of the molecule is COc1ccc(C(C)=O)cc1COC(=O)CN1C(=O)N[C@]2(C[C@@H](C)CC(C)(C)C2)C1=O. The lowest BCUT2D eigenvalue weighted by molar-refractivity contribution is -0.149. The molecule has 0 radical (unpaired) electrons. The highest BCUT2D eigenvalue weighted by Gasteiger charge is 2.56. The summed E-state index contributed by atoms with van der Waals surface area (Å²) in [5.74, 6) is -0.445. The fourth-order valence-corrected chi connectivity index (χ4v) is 5.09. The van der Waals surface area contributed by atoms with Crippen molar-refractivity contribution in [1.29, 1.82) is 0 Å². The standard InChI is InChI=1S/C23H30N2O6/c1-14-9-22(3,4)13-23(10-14)20(28)25(21(29)24-23)11-19(27)31-12-17-8-16(15(2)26)6-7-18(17)30-5/h6-8,14H,9-13H2,1-5H3,(H,24,29)/t14-,23-/m0/s1. The molecule has 168 valence electrons. The molecule has 2 atom stereocenters. The van der Waals surface area contributed by atoms with Gasteiger partial charge in [-0.3, -0.25) is 19.3 Å². The van der Waals surface area contributed by atoms with Crippen molar-refractivity contribution >= 4 is 23.7 Å². The Kier molecular flexibility index (Phi) is 6.11. The molecule has 0 bridgehead atoms. The third kappa shape index (κ3) is 4.73. The maximum Gasteiger partial charge on any atom is 0.326 e. The largest absolute Gasteiger partial charge is 0.496 e. The van der Waals surface area contributed by atoms with Gasteiger partial charge in [0.25, 0.3) is 5.91 Å². The molecule has 8 nitrogen and oxygen atoms in total. The molecule has 8 heteroatoms. The summed E-state index contributed by atoms with van der Waals surface area (Å²) >= 11 is 0. The number of hydrogen-bond donors (Lipinski definition) is 1. The normalized spacial score (nSPS) is 24.8. The van der Waals surface area contributed by atoms with Crippen LogP contribution in [-0.2, 0) is 20.9 Å². The summed E-state index contributed by atoms with van der Waals surface area (Å²) in [6.45, 7) is 7.09. The number of Topliss-reactive ketones (excluding diaryl/α,β-unsaturated/α-hetero) is 1. The van der Waals surface area contributed by atoms with Crippen LogP contribution in [0.4, 0.5) is 4.79 Å². The van der Waals surface area contributed by atoms with E-state index >= 15 is 0 Å².